The molecule has 15 heavy (non-hydrogen) atoms. The molecule has 1 fully saturated rings. The number of rotatable bonds is 9. The van der Waals surface area contributed by atoms with Crippen molar-refractivity contribution in [2.75, 3.05) is 6.54 Å². The van der Waals surface area contributed by atoms with E-state index in [1.807, 2.05) is 0 Å². The molecular formula is C14H27N. The molecule has 1 rings (SSSR count). The fraction of sp³-hybridized carbons (Fsp3) is 0.857. The van der Waals surface area contributed by atoms with Gasteiger partial charge in [-0.15, -0.1) is 0 Å². The lowest BCUT2D eigenvalue weighted by Crippen LogP contribution is -2.31. The minimum Gasteiger partial charge on any atom is -0.314 e. The molecule has 1 aliphatic carbocycles. The van der Waals surface area contributed by atoms with Crippen LogP contribution in [0.3, 0.4) is 0 Å². The lowest BCUT2D eigenvalue weighted by atomic mass is 10.0. The molecule has 1 atom stereocenters. The van der Waals surface area contributed by atoms with Gasteiger partial charge >= 0.3 is 0 Å². The van der Waals surface area contributed by atoms with Crippen LogP contribution in [0.1, 0.15) is 58.8 Å². The third-order valence-corrected chi connectivity index (χ3v) is 3.39. The second-order valence-corrected chi connectivity index (χ2v) is 4.89. The van der Waals surface area contributed by atoms with Gasteiger partial charge in [-0.1, -0.05) is 26.0 Å². The van der Waals surface area contributed by atoms with Crippen LogP contribution in [0.5, 0.6) is 0 Å². The molecule has 88 valence electrons. The van der Waals surface area contributed by atoms with Crippen LogP contribution < -0.4 is 5.32 Å². The Kier molecular flexibility index (Phi) is 6.00. The van der Waals surface area contributed by atoms with Crippen LogP contribution in [0.2, 0.25) is 0 Å². The van der Waals surface area contributed by atoms with Crippen LogP contribution in [-0.2, 0) is 0 Å². The molecule has 0 spiro atoms. The highest BCUT2D eigenvalue weighted by atomic mass is 14.9. The summed E-state index contributed by atoms with van der Waals surface area (Å²) in [7, 11) is 0. The van der Waals surface area contributed by atoms with Crippen molar-refractivity contribution in [1.29, 1.82) is 0 Å². The monoisotopic (exact) mass is 209 g/mol. The zero-order chi connectivity index (χ0) is 11.1. The Morgan fingerprint density at radius 1 is 1.40 bits per heavy atom. The van der Waals surface area contributed by atoms with Crippen molar-refractivity contribution < 1.29 is 0 Å². The second kappa shape index (κ2) is 7.05. The predicted molar refractivity (Wildman–Crippen MR) is 68.1 cm³/mol. The minimum atomic E-state index is 0.801. The van der Waals surface area contributed by atoms with Gasteiger partial charge in [0, 0.05) is 6.04 Å². The van der Waals surface area contributed by atoms with Gasteiger partial charge in [-0.05, 0) is 57.4 Å². The highest BCUT2D eigenvalue weighted by molar-refractivity contribution is 4.93. The normalized spacial score (nSPS) is 17.7. The Hall–Kier alpha value is -0.300. The van der Waals surface area contributed by atoms with Crippen molar-refractivity contribution in [3.05, 3.63) is 12.2 Å². The fourth-order valence-corrected chi connectivity index (χ4v) is 2.08. The van der Waals surface area contributed by atoms with Gasteiger partial charge in [0.1, 0.15) is 0 Å². The summed E-state index contributed by atoms with van der Waals surface area (Å²) in [6.45, 7) is 9.71. The summed E-state index contributed by atoms with van der Waals surface area (Å²) in [4.78, 5) is 0. The summed E-state index contributed by atoms with van der Waals surface area (Å²) in [5.41, 5.74) is 1.42. The maximum atomic E-state index is 4.07. The average molecular weight is 209 g/mol. The van der Waals surface area contributed by atoms with E-state index in [1.165, 1.54) is 50.6 Å². The van der Waals surface area contributed by atoms with Crippen LogP contribution in [0, 0.1) is 5.92 Å². The molecule has 0 aromatic heterocycles. The largest absolute Gasteiger partial charge is 0.314 e. The molecule has 0 bridgehead atoms. The van der Waals surface area contributed by atoms with Gasteiger partial charge in [0.2, 0.25) is 0 Å². The molecule has 1 heteroatoms. The molecule has 0 heterocycles. The van der Waals surface area contributed by atoms with Crippen LogP contribution in [0.4, 0.5) is 0 Å². The summed E-state index contributed by atoms with van der Waals surface area (Å²) < 4.78 is 0. The van der Waals surface area contributed by atoms with Crippen molar-refractivity contribution >= 4 is 0 Å². The standard InChI is InChI=1S/C14H27N/c1-4-11-15-14(13-9-10-13)8-6-7-12(3)5-2/h13-15H,3-11H2,1-2H3. The lowest BCUT2D eigenvalue weighted by Gasteiger charge is -2.17. The van der Waals surface area contributed by atoms with Crippen LogP contribution in [0.25, 0.3) is 0 Å². The zero-order valence-electron chi connectivity index (χ0n) is 10.5. The molecule has 0 aromatic carbocycles. The molecule has 1 unspecified atom stereocenters. The minimum absolute atomic E-state index is 0.801. The smallest absolute Gasteiger partial charge is 0.00954 e. The van der Waals surface area contributed by atoms with E-state index >= 15 is 0 Å². The second-order valence-electron chi connectivity index (χ2n) is 4.89. The molecule has 1 nitrogen and oxygen atoms in total. The summed E-state index contributed by atoms with van der Waals surface area (Å²) in [5.74, 6) is 0.992. The van der Waals surface area contributed by atoms with Crippen molar-refractivity contribution in [1.82, 2.24) is 5.32 Å². The van der Waals surface area contributed by atoms with E-state index in [4.69, 9.17) is 0 Å². The fourth-order valence-electron chi connectivity index (χ4n) is 2.08. The van der Waals surface area contributed by atoms with Crippen LogP contribution in [0.15, 0.2) is 12.2 Å². The van der Waals surface area contributed by atoms with Gasteiger partial charge in [0.05, 0.1) is 0 Å². The van der Waals surface area contributed by atoms with E-state index in [1.54, 1.807) is 0 Å². The third kappa shape index (κ3) is 5.36. The Labute approximate surface area is 95.3 Å². The van der Waals surface area contributed by atoms with E-state index in [0.29, 0.717) is 0 Å². The van der Waals surface area contributed by atoms with Gasteiger partial charge in [0.15, 0.2) is 0 Å². The molecule has 1 saturated carbocycles. The molecular weight excluding hydrogens is 182 g/mol. The van der Waals surface area contributed by atoms with Crippen LogP contribution >= 0.6 is 0 Å². The quantitative estimate of drug-likeness (QED) is 0.568. The number of nitrogens with one attached hydrogen (secondary N) is 1. The predicted octanol–water partition coefficient (Wildman–Crippen LogP) is 3.90. The van der Waals surface area contributed by atoms with Gasteiger partial charge < -0.3 is 5.32 Å². The first-order valence-corrected chi connectivity index (χ1v) is 6.68. The van der Waals surface area contributed by atoms with Gasteiger partial charge in [-0.3, -0.25) is 0 Å². The number of hydrogen-bond acceptors (Lipinski definition) is 1. The van der Waals surface area contributed by atoms with Gasteiger partial charge in [0.25, 0.3) is 0 Å². The summed E-state index contributed by atoms with van der Waals surface area (Å²) >= 11 is 0. The molecule has 1 aliphatic rings. The lowest BCUT2D eigenvalue weighted by molar-refractivity contribution is 0.424. The summed E-state index contributed by atoms with van der Waals surface area (Å²) in [6.07, 6.45) is 9.22. The van der Waals surface area contributed by atoms with E-state index in [0.717, 1.165) is 18.4 Å². The maximum absolute atomic E-state index is 4.07. The van der Waals surface area contributed by atoms with Crippen LogP contribution in [-0.4, -0.2) is 12.6 Å². The average Bonchev–Trinajstić information content (AvgIpc) is 3.06. The van der Waals surface area contributed by atoms with E-state index in [9.17, 15) is 0 Å². The number of allylic oxidation sites excluding steroid dienone is 1. The molecule has 0 aliphatic heterocycles. The van der Waals surface area contributed by atoms with Crippen molar-refractivity contribution in [3.8, 4) is 0 Å². The first-order valence-electron chi connectivity index (χ1n) is 6.68. The van der Waals surface area contributed by atoms with E-state index in [2.05, 4.69) is 25.7 Å². The Balaban J connectivity index is 2.11. The number of hydrogen-bond donors (Lipinski definition) is 1. The first kappa shape index (κ1) is 12.8. The molecule has 0 amide bonds. The molecule has 0 radical (unpaired) electrons. The highest BCUT2D eigenvalue weighted by Gasteiger charge is 2.29. The SMILES string of the molecule is C=C(CC)CCCC(NCCC)C1CC1. The Morgan fingerprint density at radius 2 is 2.13 bits per heavy atom. The topological polar surface area (TPSA) is 12.0 Å². The Bertz CT molecular complexity index is 182. The third-order valence-electron chi connectivity index (χ3n) is 3.39. The van der Waals surface area contributed by atoms with Crippen molar-refractivity contribution in [2.24, 2.45) is 5.92 Å². The first-order chi connectivity index (χ1) is 7.27. The summed E-state index contributed by atoms with van der Waals surface area (Å²) in [6, 6.07) is 0.801. The molecule has 0 aromatic rings. The maximum Gasteiger partial charge on any atom is 0.00954 e. The van der Waals surface area contributed by atoms with Crippen molar-refractivity contribution in [3.63, 3.8) is 0 Å². The molecule has 0 saturated heterocycles. The van der Waals surface area contributed by atoms with E-state index < -0.39 is 0 Å². The summed E-state index contributed by atoms with van der Waals surface area (Å²) in [5, 5.41) is 3.69. The Morgan fingerprint density at radius 3 is 2.67 bits per heavy atom. The van der Waals surface area contributed by atoms with Gasteiger partial charge in [-0.25, -0.2) is 0 Å². The molecule has 1 N–H and O–H groups in total. The van der Waals surface area contributed by atoms with Crippen molar-refractivity contribution in [2.45, 2.75) is 64.8 Å². The van der Waals surface area contributed by atoms with Gasteiger partial charge in [-0.2, -0.15) is 0 Å². The zero-order valence-corrected chi connectivity index (χ0v) is 10.5. The highest BCUT2D eigenvalue weighted by Crippen LogP contribution is 2.34. The van der Waals surface area contributed by atoms with E-state index in [-0.39, 0.29) is 0 Å².